The van der Waals surface area contributed by atoms with Gasteiger partial charge in [0.1, 0.15) is 0 Å². The molecule has 5 nitrogen and oxygen atoms in total. The smallest absolute Gasteiger partial charge is 0.227 e. The second kappa shape index (κ2) is 5.85. The highest BCUT2D eigenvalue weighted by molar-refractivity contribution is 6.31. The van der Waals surface area contributed by atoms with Crippen molar-refractivity contribution in [2.45, 2.75) is 32.9 Å². The van der Waals surface area contributed by atoms with E-state index in [1.54, 1.807) is 6.20 Å². The van der Waals surface area contributed by atoms with Gasteiger partial charge in [-0.15, -0.1) is 5.10 Å². The van der Waals surface area contributed by atoms with E-state index < -0.39 is 0 Å². The molecule has 0 unspecified atom stereocenters. The lowest BCUT2D eigenvalue weighted by atomic mass is 10.1. The Bertz CT molecular complexity index is 667. The Kier molecular flexibility index (Phi) is 3.92. The molecule has 0 saturated carbocycles. The molecule has 110 valence electrons. The van der Waals surface area contributed by atoms with Gasteiger partial charge in [0.15, 0.2) is 0 Å². The average Bonchev–Trinajstić information content (AvgIpc) is 2.80. The number of benzene rings is 1. The Balaban J connectivity index is 1.71. The first-order valence-corrected chi connectivity index (χ1v) is 7.41. The van der Waals surface area contributed by atoms with Crippen LogP contribution in [0.5, 0.6) is 0 Å². The van der Waals surface area contributed by atoms with Crippen LogP contribution in [-0.2, 0) is 24.3 Å². The third-order valence-electron chi connectivity index (χ3n) is 3.79. The Hall–Kier alpha value is -1.88. The van der Waals surface area contributed by atoms with Crippen LogP contribution in [0.1, 0.15) is 23.2 Å². The van der Waals surface area contributed by atoms with Crippen LogP contribution < -0.4 is 0 Å². The normalized spacial score (nSPS) is 14.7. The van der Waals surface area contributed by atoms with Crippen molar-refractivity contribution in [2.75, 3.05) is 6.54 Å². The van der Waals surface area contributed by atoms with Crippen molar-refractivity contribution in [3.8, 4) is 0 Å². The molecule has 21 heavy (non-hydrogen) atoms. The van der Waals surface area contributed by atoms with Crippen LogP contribution in [0.25, 0.3) is 0 Å². The van der Waals surface area contributed by atoms with Crippen molar-refractivity contribution < 1.29 is 4.79 Å². The quantitative estimate of drug-likeness (QED) is 0.855. The minimum absolute atomic E-state index is 0.115. The van der Waals surface area contributed by atoms with Gasteiger partial charge in [-0.05, 0) is 30.5 Å². The first-order valence-electron chi connectivity index (χ1n) is 7.03. The summed E-state index contributed by atoms with van der Waals surface area (Å²) in [6.45, 7) is 4.10. The fourth-order valence-electron chi connectivity index (χ4n) is 2.52. The second-order valence-electron chi connectivity index (χ2n) is 5.38. The highest BCUT2D eigenvalue weighted by Crippen LogP contribution is 2.18. The Morgan fingerprint density at radius 3 is 3.05 bits per heavy atom. The van der Waals surface area contributed by atoms with Gasteiger partial charge in [-0.25, -0.2) is 4.68 Å². The number of hydrogen-bond acceptors (Lipinski definition) is 3. The van der Waals surface area contributed by atoms with E-state index in [0.717, 1.165) is 36.3 Å². The highest BCUT2D eigenvalue weighted by atomic mass is 35.5. The van der Waals surface area contributed by atoms with Gasteiger partial charge in [0.05, 0.1) is 24.9 Å². The van der Waals surface area contributed by atoms with Crippen LogP contribution in [0.3, 0.4) is 0 Å². The molecule has 2 heterocycles. The lowest BCUT2D eigenvalue weighted by Crippen LogP contribution is -2.32. The van der Waals surface area contributed by atoms with Crippen molar-refractivity contribution in [2.24, 2.45) is 0 Å². The number of amides is 1. The van der Waals surface area contributed by atoms with Gasteiger partial charge < -0.3 is 4.90 Å². The molecule has 0 fully saturated rings. The van der Waals surface area contributed by atoms with Crippen LogP contribution in [0.2, 0.25) is 5.02 Å². The molecule has 0 bridgehead atoms. The monoisotopic (exact) mass is 304 g/mol. The fraction of sp³-hybridized carbons (Fsp3) is 0.400. The zero-order valence-corrected chi connectivity index (χ0v) is 12.7. The van der Waals surface area contributed by atoms with Gasteiger partial charge in [0.2, 0.25) is 5.91 Å². The summed E-state index contributed by atoms with van der Waals surface area (Å²) in [6.07, 6.45) is 3.01. The van der Waals surface area contributed by atoms with Crippen LogP contribution in [0, 0.1) is 6.92 Å². The molecule has 1 aliphatic heterocycles. The lowest BCUT2D eigenvalue weighted by Gasteiger charge is -2.20. The molecule has 1 aromatic carbocycles. The molecule has 1 aliphatic rings. The molecule has 1 amide bonds. The highest BCUT2D eigenvalue weighted by Gasteiger charge is 2.20. The van der Waals surface area contributed by atoms with Crippen molar-refractivity contribution in [3.63, 3.8) is 0 Å². The molecule has 0 spiro atoms. The third kappa shape index (κ3) is 3.08. The number of hydrogen-bond donors (Lipinski definition) is 0. The van der Waals surface area contributed by atoms with Crippen molar-refractivity contribution in [1.29, 1.82) is 0 Å². The van der Waals surface area contributed by atoms with Gasteiger partial charge in [-0.1, -0.05) is 28.9 Å². The van der Waals surface area contributed by atoms with Crippen molar-refractivity contribution >= 4 is 17.5 Å². The molecular formula is C15H17ClN4O. The van der Waals surface area contributed by atoms with Gasteiger partial charge in [-0.3, -0.25) is 4.79 Å². The van der Waals surface area contributed by atoms with E-state index in [9.17, 15) is 4.79 Å². The third-order valence-corrected chi connectivity index (χ3v) is 4.20. The summed E-state index contributed by atoms with van der Waals surface area (Å²) < 4.78 is 1.87. The molecule has 3 rings (SSSR count). The van der Waals surface area contributed by atoms with E-state index in [2.05, 4.69) is 10.3 Å². The summed E-state index contributed by atoms with van der Waals surface area (Å²) in [5.41, 5.74) is 2.96. The second-order valence-corrected chi connectivity index (χ2v) is 5.78. The van der Waals surface area contributed by atoms with Crippen LogP contribution >= 0.6 is 11.6 Å². The summed E-state index contributed by atoms with van der Waals surface area (Å²) in [4.78, 5) is 14.4. The van der Waals surface area contributed by atoms with E-state index in [1.807, 2.05) is 34.7 Å². The SMILES string of the molecule is Cc1ccc(CC(=O)N2CCCn3nncc3C2)cc1Cl. The number of halogens is 1. The van der Waals surface area contributed by atoms with Gasteiger partial charge in [-0.2, -0.15) is 0 Å². The van der Waals surface area contributed by atoms with E-state index in [-0.39, 0.29) is 5.91 Å². The van der Waals surface area contributed by atoms with E-state index in [4.69, 9.17) is 11.6 Å². The first-order chi connectivity index (χ1) is 10.1. The zero-order chi connectivity index (χ0) is 14.8. The molecular weight excluding hydrogens is 288 g/mol. The number of fused-ring (bicyclic) bond motifs is 1. The zero-order valence-electron chi connectivity index (χ0n) is 11.9. The molecule has 0 atom stereocenters. The number of rotatable bonds is 2. The number of carbonyl (C=O) groups excluding carboxylic acids is 1. The largest absolute Gasteiger partial charge is 0.336 e. The van der Waals surface area contributed by atoms with Gasteiger partial charge >= 0.3 is 0 Å². The average molecular weight is 305 g/mol. The first kappa shape index (κ1) is 14.1. The predicted octanol–water partition coefficient (Wildman–Crippen LogP) is 2.21. The van der Waals surface area contributed by atoms with Gasteiger partial charge in [0.25, 0.3) is 0 Å². The molecule has 1 aromatic heterocycles. The predicted molar refractivity (Wildman–Crippen MR) is 79.9 cm³/mol. The number of aryl methyl sites for hydroxylation is 2. The van der Waals surface area contributed by atoms with E-state index >= 15 is 0 Å². The molecule has 2 aromatic rings. The summed E-state index contributed by atoms with van der Waals surface area (Å²) in [5.74, 6) is 0.115. The maximum absolute atomic E-state index is 12.5. The Morgan fingerprint density at radius 2 is 2.24 bits per heavy atom. The number of aromatic nitrogens is 3. The maximum atomic E-state index is 12.5. The molecule has 0 aliphatic carbocycles. The summed E-state index contributed by atoms with van der Waals surface area (Å²) in [6, 6.07) is 5.79. The van der Waals surface area contributed by atoms with Crippen LogP contribution in [0.15, 0.2) is 24.4 Å². The molecule has 0 radical (unpaired) electrons. The lowest BCUT2D eigenvalue weighted by molar-refractivity contribution is -0.131. The standard InChI is InChI=1S/C15H17ClN4O/c1-11-3-4-12(7-14(11)16)8-15(21)19-5-2-6-20-13(10-19)9-17-18-20/h3-4,7,9H,2,5-6,8,10H2,1H3. The van der Waals surface area contributed by atoms with Crippen molar-refractivity contribution in [3.05, 3.63) is 46.2 Å². The van der Waals surface area contributed by atoms with Crippen LogP contribution in [0.4, 0.5) is 0 Å². The molecule has 6 heteroatoms. The van der Waals surface area contributed by atoms with Crippen molar-refractivity contribution in [1.82, 2.24) is 19.9 Å². The summed E-state index contributed by atoms with van der Waals surface area (Å²) in [7, 11) is 0. The Morgan fingerprint density at radius 1 is 1.38 bits per heavy atom. The Labute approximate surface area is 128 Å². The number of carbonyl (C=O) groups is 1. The maximum Gasteiger partial charge on any atom is 0.227 e. The van der Waals surface area contributed by atoms with E-state index in [0.29, 0.717) is 18.0 Å². The van der Waals surface area contributed by atoms with Gasteiger partial charge in [0, 0.05) is 18.1 Å². The van der Waals surface area contributed by atoms with Crippen LogP contribution in [-0.4, -0.2) is 32.3 Å². The molecule has 0 N–H and O–H groups in total. The minimum Gasteiger partial charge on any atom is -0.336 e. The van der Waals surface area contributed by atoms with E-state index in [1.165, 1.54) is 0 Å². The summed E-state index contributed by atoms with van der Waals surface area (Å²) in [5, 5.41) is 8.64. The molecule has 0 saturated heterocycles. The fourth-order valence-corrected chi connectivity index (χ4v) is 2.72. The topological polar surface area (TPSA) is 51.0 Å². The number of nitrogens with zero attached hydrogens (tertiary/aromatic N) is 4. The minimum atomic E-state index is 0.115. The summed E-state index contributed by atoms with van der Waals surface area (Å²) >= 11 is 6.12.